The number of hydrogen-bond donors (Lipinski definition) is 1. The van der Waals surface area contributed by atoms with Crippen LogP contribution in [-0.4, -0.2) is 53.9 Å². The van der Waals surface area contributed by atoms with Crippen LogP contribution in [-0.2, 0) is 24.1 Å². The number of anilines is 2. The van der Waals surface area contributed by atoms with Crippen LogP contribution in [0.1, 0.15) is 49.9 Å². The Bertz CT molecular complexity index is 1950. The summed E-state index contributed by atoms with van der Waals surface area (Å²) in [4.78, 5) is 52.9. The van der Waals surface area contributed by atoms with Crippen LogP contribution in [0.25, 0.3) is 0 Å². The number of aryl methyl sites for hydroxylation is 1. The SMILES string of the molecule is COc1cc(C(=O)N2c3ccccc3C[C@H]2C)c([N+](=O)[O-])cc1C.COc1cc2c(cc1O)CC(=O)[C@@H]1Cc3ccccc3N1C2=O. The summed E-state index contributed by atoms with van der Waals surface area (Å²) in [5, 5.41) is 21.3. The van der Waals surface area contributed by atoms with Crippen molar-refractivity contribution in [1.29, 1.82) is 0 Å². The summed E-state index contributed by atoms with van der Waals surface area (Å²) in [5.74, 6) is 0.0169. The number of Topliss-reactive ketones (excluding diaryl/α,β-unsaturated/α-hetero) is 1. The van der Waals surface area contributed by atoms with Gasteiger partial charge >= 0.3 is 0 Å². The minimum Gasteiger partial charge on any atom is -0.504 e. The summed E-state index contributed by atoms with van der Waals surface area (Å²) < 4.78 is 10.3. The normalized spacial score (nSPS) is 17.4. The molecular formula is C36H33N3O8. The molecule has 0 radical (unpaired) electrons. The molecule has 0 unspecified atom stereocenters. The molecule has 3 aliphatic heterocycles. The van der Waals surface area contributed by atoms with E-state index < -0.39 is 11.0 Å². The van der Waals surface area contributed by atoms with Crippen LogP contribution in [0.5, 0.6) is 17.2 Å². The third-order valence-corrected chi connectivity index (χ3v) is 8.93. The largest absolute Gasteiger partial charge is 0.504 e. The number of fused-ring (bicyclic) bond motifs is 5. The number of para-hydroxylation sites is 2. The van der Waals surface area contributed by atoms with Gasteiger partial charge in [-0.1, -0.05) is 36.4 Å². The maximum Gasteiger partial charge on any atom is 0.282 e. The number of ketones is 1. The monoisotopic (exact) mass is 635 g/mol. The first-order valence-corrected chi connectivity index (χ1v) is 15.1. The number of phenols is 1. The number of benzene rings is 4. The number of carbonyl (C=O) groups excluding carboxylic acids is 3. The summed E-state index contributed by atoms with van der Waals surface area (Å²) in [5.41, 5.74) is 5.10. The standard InChI is InChI=1S/C18H18N2O4.C18H15NO4/c1-11-8-16(20(22)23)14(10-17(11)24-3)18(21)19-12(2)9-13-6-4-5-7-15(13)19;1-23-17-9-12-11(8-16(17)21)7-15(20)14-6-10-4-2-3-5-13(10)19(14)18(12)22/h4-8,10,12H,9H2,1-3H3;2-5,8-9,14,21H,6-7H2,1H3/t12-;14-/m10/s1. The first-order chi connectivity index (χ1) is 22.5. The van der Waals surface area contributed by atoms with Gasteiger partial charge in [-0.15, -0.1) is 0 Å². The second-order valence-corrected chi connectivity index (χ2v) is 11.8. The third-order valence-electron chi connectivity index (χ3n) is 8.93. The maximum absolute atomic E-state index is 13.1. The molecule has 7 rings (SSSR count). The minimum absolute atomic E-state index is 0.0159. The molecule has 240 valence electrons. The van der Waals surface area contributed by atoms with E-state index in [1.165, 1.54) is 38.5 Å². The van der Waals surface area contributed by atoms with Crippen molar-refractivity contribution in [2.75, 3.05) is 24.0 Å². The Hall–Kier alpha value is -5.71. The van der Waals surface area contributed by atoms with Crippen molar-refractivity contribution in [3.05, 3.63) is 116 Å². The van der Waals surface area contributed by atoms with Crippen LogP contribution in [0.15, 0.2) is 72.8 Å². The van der Waals surface area contributed by atoms with E-state index in [1.54, 1.807) is 16.7 Å². The van der Waals surface area contributed by atoms with Crippen LogP contribution >= 0.6 is 0 Å². The minimum atomic E-state index is -0.522. The molecule has 11 heteroatoms. The van der Waals surface area contributed by atoms with Crippen molar-refractivity contribution in [1.82, 2.24) is 0 Å². The molecule has 4 aromatic carbocycles. The second kappa shape index (κ2) is 12.2. The van der Waals surface area contributed by atoms with Gasteiger partial charge in [-0.05, 0) is 66.8 Å². The van der Waals surface area contributed by atoms with E-state index in [0.717, 1.165) is 28.9 Å². The average Bonchev–Trinajstić information content (AvgIpc) is 3.59. The van der Waals surface area contributed by atoms with Crippen LogP contribution in [0, 0.1) is 17.0 Å². The fraction of sp³-hybridized carbons (Fsp3) is 0.250. The highest BCUT2D eigenvalue weighted by Crippen LogP contribution is 2.40. The van der Waals surface area contributed by atoms with Crippen molar-refractivity contribution >= 4 is 34.7 Å². The Labute approximate surface area is 271 Å². The van der Waals surface area contributed by atoms with Gasteiger partial charge in [-0.3, -0.25) is 29.4 Å². The molecule has 0 saturated heterocycles. The van der Waals surface area contributed by atoms with E-state index in [9.17, 15) is 29.6 Å². The van der Waals surface area contributed by atoms with Gasteiger partial charge in [0, 0.05) is 48.0 Å². The Morgan fingerprint density at radius 3 is 2.19 bits per heavy atom. The predicted molar refractivity (Wildman–Crippen MR) is 175 cm³/mol. The van der Waals surface area contributed by atoms with Crippen molar-refractivity contribution in [2.24, 2.45) is 0 Å². The highest BCUT2D eigenvalue weighted by Gasteiger charge is 2.42. The molecule has 47 heavy (non-hydrogen) atoms. The fourth-order valence-electron chi connectivity index (χ4n) is 6.67. The van der Waals surface area contributed by atoms with Crippen LogP contribution in [0.3, 0.4) is 0 Å². The molecular weight excluding hydrogens is 602 g/mol. The zero-order valence-electron chi connectivity index (χ0n) is 26.4. The van der Waals surface area contributed by atoms with Crippen molar-refractivity contribution in [3.8, 4) is 17.2 Å². The summed E-state index contributed by atoms with van der Waals surface area (Å²) in [6.07, 6.45) is 1.41. The van der Waals surface area contributed by atoms with Gasteiger partial charge in [-0.25, -0.2) is 0 Å². The first-order valence-electron chi connectivity index (χ1n) is 15.1. The highest BCUT2D eigenvalue weighted by atomic mass is 16.6. The van der Waals surface area contributed by atoms with E-state index in [1.807, 2.05) is 55.5 Å². The molecule has 2 amide bonds. The number of carbonyl (C=O) groups is 3. The molecule has 1 N–H and O–H groups in total. The van der Waals surface area contributed by atoms with Crippen LogP contribution in [0.2, 0.25) is 0 Å². The number of hydrogen-bond acceptors (Lipinski definition) is 8. The van der Waals surface area contributed by atoms with Crippen LogP contribution in [0.4, 0.5) is 17.1 Å². The van der Waals surface area contributed by atoms with Gasteiger partial charge in [-0.2, -0.15) is 0 Å². The first kappa shape index (κ1) is 31.3. The lowest BCUT2D eigenvalue weighted by molar-refractivity contribution is -0.385. The lowest BCUT2D eigenvalue weighted by Gasteiger charge is -2.23. The Morgan fingerprint density at radius 2 is 1.53 bits per heavy atom. The Balaban J connectivity index is 0.000000164. The maximum atomic E-state index is 13.1. The topological polar surface area (TPSA) is 140 Å². The number of amides is 2. The summed E-state index contributed by atoms with van der Waals surface area (Å²) in [7, 11) is 2.91. The zero-order chi connectivity index (χ0) is 33.6. The van der Waals surface area contributed by atoms with Crippen LogP contribution < -0.4 is 19.3 Å². The molecule has 0 spiro atoms. The van der Waals surface area contributed by atoms with Gasteiger partial charge in [0.2, 0.25) is 0 Å². The van der Waals surface area contributed by atoms with Crippen molar-refractivity contribution in [3.63, 3.8) is 0 Å². The number of ether oxygens (including phenoxy) is 2. The van der Waals surface area contributed by atoms with E-state index >= 15 is 0 Å². The summed E-state index contributed by atoms with van der Waals surface area (Å²) in [6, 6.07) is 20.5. The molecule has 0 aromatic heterocycles. The van der Waals surface area contributed by atoms with Gasteiger partial charge in [0.1, 0.15) is 17.4 Å². The Morgan fingerprint density at radius 1 is 0.894 bits per heavy atom. The van der Waals surface area contributed by atoms with Gasteiger partial charge in [0.15, 0.2) is 17.3 Å². The molecule has 0 aliphatic carbocycles. The molecule has 0 saturated carbocycles. The molecule has 0 fully saturated rings. The smallest absolute Gasteiger partial charge is 0.282 e. The summed E-state index contributed by atoms with van der Waals surface area (Å²) in [6.45, 7) is 3.66. The van der Waals surface area contributed by atoms with E-state index in [4.69, 9.17) is 9.47 Å². The highest BCUT2D eigenvalue weighted by molar-refractivity contribution is 6.15. The summed E-state index contributed by atoms with van der Waals surface area (Å²) >= 11 is 0. The number of methoxy groups -OCH3 is 2. The average molecular weight is 636 g/mol. The molecule has 4 aromatic rings. The lowest BCUT2D eigenvalue weighted by Crippen LogP contribution is -2.41. The number of aromatic hydroxyl groups is 1. The predicted octanol–water partition coefficient (Wildman–Crippen LogP) is 5.60. The molecule has 3 aliphatic rings. The van der Waals surface area contributed by atoms with Crippen molar-refractivity contribution < 1.29 is 33.9 Å². The molecule has 2 atom stereocenters. The number of nitro benzene ring substituents is 1. The fourth-order valence-corrected chi connectivity index (χ4v) is 6.67. The lowest BCUT2D eigenvalue weighted by atomic mass is 9.98. The Kier molecular flexibility index (Phi) is 8.14. The second-order valence-electron chi connectivity index (χ2n) is 11.8. The van der Waals surface area contributed by atoms with Gasteiger partial charge in [0.05, 0.1) is 19.1 Å². The molecule has 0 bridgehead atoms. The molecule has 11 nitrogen and oxygen atoms in total. The number of nitro groups is 1. The van der Waals surface area contributed by atoms with Gasteiger partial charge in [0.25, 0.3) is 17.5 Å². The van der Waals surface area contributed by atoms with E-state index in [2.05, 4.69) is 0 Å². The van der Waals surface area contributed by atoms with Crippen molar-refractivity contribution in [2.45, 2.75) is 45.2 Å². The zero-order valence-corrected chi connectivity index (χ0v) is 26.4. The number of nitrogens with zero attached hydrogens (tertiary/aromatic N) is 3. The molecule has 3 heterocycles. The van der Waals surface area contributed by atoms with E-state index in [0.29, 0.717) is 28.9 Å². The third kappa shape index (κ3) is 5.43. The van der Waals surface area contributed by atoms with Gasteiger partial charge < -0.3 is 19.5 Å². The number of phenolic OH excluding ortho intramolecular Hbond substituents is 1. The number of rotatable bonds is 4. The van der Waals surface area contributed by atoms with E-state index in [-0.39, 0.29) is 52.8 Å². The quantitative estimate of drug-likeness (QED) is 0.226.